The maximum atomic E-state index is 13.6. The molecular formula is C15H23FN2O2S. The summed E-state index contributed by atoms with van der Waals surface area (Å²) in [5.41, 5.74) is 5.72. The maximum absolute atomic E-state index is 13.6. The molecular weight excluding hydrogens is 291 g/mol. The number of nitrogens with zero attached hydrogens (tertiary/aromatic N) is 1. The SMILES string of the molecule is CCN(C1CCCCC1)S(=O)(=O)c1cc(C)c(F)c(N)c1. The standard InChI is InChI=1S/C15H23FN2O2S/c1-3-18(12-7-5-4-6-8-12)21(19,20)13-9-11(2)15(16)14(17)10-13/h9-10,12H,3-8,17H2,1-2H3. The Balaban J connectivity index is 2.39. The zero-order valence-corrected chi connectivity index (χ0v) is 13.4. The van der Waals surface area contributed by atoms with Crippen molar-refractivity contribution in [3.8, 4) is 0 Å². The third-order valence-corrected chi connectivity index (χ3v) is 6.16. The Labute approximate surface area is 126 Å². The summed E-state index contributed by atoms with van der Waals surface area (Å²) in [7, 11) is -3.63. The Kier molecular flexibility index (Phi) is 4.88. The average Bonchev–Trinajstić information content (AvgIpc) is 2.45. The zero-order valence-electron chi connectivity index (χ0n) is 12.6. The molecule has 2 N–H and O–H groups in total. The van der Waals surface area contributed by atoms with Crippen molar-refractivity contribution in [2.45, 2.75) is 56.9 Å². The minimum Gasteiger partial charge on any atom is -0.396 e. The van der Waals surface area contributed by atoms with Gasteiger partial charge >= 0.3 is 0 Å². The molecule has 0 aliphatic heterocycles. The van der Waals surface area contributed by atoms with Gasteiger partial charge in [-0.1, -0.05) is 26.2 Å². The highest BCUT2D eigenvalue weighted by atomic mass is 32.2. The van der Waals surface area contributed by atoms with Crippen LogP contribution in [0.2, 0.25) is 0 Å². The molecule has 1 aliphatic rings. The summed E-state index contributed by atoms with van der Waals surface area (Å²) < 4.78 is 40.8. The first-order chi connectivity index (χ1) is 9.87. The summed E-state index contributed by atoms with van der Waals surface area (Å²) >= 11 is 0. The van der Waals surface area contributed by atoms with E-state index >= 15 is 0 Å². The molecule has 0 aromatic heterocycles. The van der Waals surface area contributed by atoms with E-state index in [0.717, 1.165) is 32.1 Å². The number of benzene rings is 1. The lowest BCUT2D eigenvalue weighted by atomic mass is 9.95. The van der Waals surface area contributed by atoms with Crippen LogP contribution in [0.25, 0.3) is 0 Å². The predicted molar refractivity (Wildman–Crippen MR) is 82.0 cm³/mol. The lowest BCUT2D eigenvalue weighted by Gasteiger charge is -2.32. The molecule has 6 heteroatoms. The van der Waals surface area contributed by atoms with Gasteiger partial charge in [0.25, 0.3) is 0 Å². The van der Waals surface area contributed by atoms with Gasteiger partial charge in [0, 0.05) is 12.6 Å². The molecule has 118 valence electrons. The van der Waals surface area contributed by atoms with Gasteiger partial charge < -0.3 is 5.73 Å². The lowest BCUT2D eigenvalue weighted by molar-refractivity contribution is 0.261. The normalized spacial score (nSPS) is 17.3. The molecule has 1 saturated carbocycles. The van der Waals surface area contributed by atoms with E-state index in [1.807, 2.05) is 6.92 Å². The van der Waals surface area contributed by atoms with E-state index in [2.05, 4.69) is 0 Å². The lowest BCUT2D eigenvalue weighted by Crippen LogP contribution is -2.41. The van der Waals surface area contributed by atoms with Gasteiger partial charge in [-0.2, -0.15) is 4.31 Å². The summed E-state index contributed by atoms with van der Waals surface area (Å²) in [6, 6.07) is 2.63. The maximum Gasteiger partial charge on any atom is 0.243 e. The van der Waals surface area contributed by atoms with Crippen molar-refractivity contribution in [2.75, 3.05) is 12.3 Å². The van der Waals surface area contributed by atoms with Gasteiger partial charge in [0.1, 0.15) is 5.82 Å². The summed E-state index contributed by atoms with van der Waals surface area (Å²) in [5, 5.41) is 0. The molecule has 0 amide bonds. The van der Waals surface area contributed by atoms with Gasteiger partial charge in [-0.25, -0.2) is 12.8 Å². The third kappa shape index (κ3) is 3.21. The van der Waals surface area contributed by atoms with Crippen LogP contribution >= 0.6 is 0 Å². The smallest absolute Gasteiger partial charge is 0.243 e. The second kappa shape index (κ2) is 6.32. The molecule has 0 radical (unpaired) electrons. The minimum absolute atomic E-state index is 0.0420. The van der Waals surface area contributed by atoms with Crippen LogP contribution in [0, 0.1) is 12.7 Å². The fourth-order valence-electron chi connectivity index (χ4n) is 3.04. The highest BCUT2D eigenvalue weighted by Crippen LogP contribution is 2.29. The first kappa shape index (κ1) is 16.2. The number of hydrogen-bond donors (Lipinski definition) is 1. The number of anilines is 1. The van der Waals surface area contributed by atoms with Gasteiger partial charge in [0.15, 0.2) is 0 Å². The van der Waals surface area contributed by atoms with Gasteiger partial charge in [0.2, 0.25) is 10.0 Å². The van der Waals surface area contributed by atoms with Gasteiger partial charge in [-0.15, -0.1) is 0 Å². The predicted octanol–water partition coefficient (Wildman–Crippen LogP) is 3.06. The Morgan fingerprint density at radius 2 is 1.90 bits per heavy atom. The van der Waals surface area contributed by atoms with E-state index < -0.39 is 15.8 Å². The van der Waals surface area contributed by atoms with Crippen molar-refractivity contribution >= 4 is 15.7 Å². The Morgan fingerprint density at radius 1 is 1.29 bits per heavy atom. The summed E-state index contributed by atoms with van der Waals surface area (Å²) in [5.74, 6) is -0.547. The highest BCUT2D eigenvalue weighted by molar-refractivity contribution is 7.89. The average molecular weight is 314 g/mol. The molecule has 0 heterocycles. The van der Waals surface area contributed by atoms with Crippen molar-refractivity contribution in [3.63, 3.8) is 0 Å². The fourth-order valence-corrected chi connectivity index (χ4v) is 4.86. The molecule has 1 fully saturated rings. The van der Waals surface area contributed by atoms with Crippen LogP contribution in [0.3, 0.4) is 0 Å². The molecule has 0 saturated heterocycles. The second-order valence-electron chi connectivity index (χ2n) is 5.64. The summed E-state index contributed by atoms with van der Waals surface area (Å²) in [4.78, 5) is 0.0892. The van der Waals surface area contributed by atoms with Gasteiger partial charge in [-0.3, -0.25) is 0 Å². The molecule has 0 bridgehead atoms. The van der Waals surface area contributed by atoms with E-state index in [-0.39, 0.29) is 22.2 Å². The van der Waals surface area contributed by atoms with Crippen molar-refractivity contribution in [3.05, 3.63) is 23.5 Å². The van der Waals surface area contributed by atoms with E-state index in [1.165, 1.54) is 23.4 Å². The first-order valence-corrected chi connectivity index (χ1v) is 8.89. The van der Waals surface area contributed by atoms with Crippen LogP contribution in [0.5, 0.6) is 0 Å². The molecule has 21 heavy (non-hydrogen) atoms. The minimum atomic E-state index is -3.63. The number of sulfonamides is 1. The van der Waals surface area contributed by atoms with Gasteiger partial charge in [-0.05, 0) is 37.5 Å². The van der Waals surface area contributed by atoms with Crippen LogP contribution in [0.1, 0.15) is 44.6 Å². The van der Waals surface area contributed by atoms with Crippen molar-refractivity contribution in [1.82, 2.24) is 4.31 Å². The molecule has 0 spiro atoms. The van der Waals surface area contributed by atoms with E-state index in [4.69, 9.17) is 5.73 Å². The molecule has 0 unspecified atom stereocenters. The highest BCUT2D eigenvalue weighted by Gasteiger charge is 2.31. The zero-order chi connectivity index (χ0) is 15.6. The van der Waals surface area contributed by atoms with Crippen LogP contribution in [0.4, 0.5) is 10.1 Å². The number of rotatable bonds is 4. The molecule has 2 rings (SSSR count). The Bertz CT molecular complexity index is 587. The third-order valence-electron chi connectivity index (χ3n) is 4.16. The molecule has 1 aromatic carbocycles. The number of nitrogens with two attached hydrogens (primary N) is 1. The molecule has 4 nitrogen and oxygen atoms in total. The Hall–Kier alpha value is -1.14. The van der Waals surface area contributed by atoms with Crippen LogP contribution < -0.4 is 5.73 Å². The number of halogens is 1. The van der Waals surface area contributed by atoms with Crippen molar-refractivity contribution in [1.29, 1.82) is 0 Å². The number of nitrogen functional groups attached to an aromatic ring is 1. The second-order valence-corrected chi connectivity index (χ2v) is 7.53. The van der Waals surface area contributed by atoms with E-state index in [0.29, 0.717) is 6.54 Å². The summed E-state index contributed by atoms with van der Waals surface area (Å²) in [6.45, 7) is 3.79. The fraction of sp³-hybridized carbons (Fsp3) is 0.600. The van der Waals surface area contributed by atoms with Crippen molar-refractivity contribution in [2.24, 2.45) is 0 Å². The number of hydrogen-bond acceptors (Lipinski definition) is 3. The largest absolute Gasteiger partial charge is 0.396 e. The van der Waals surface area contributed by atoms with Crippen LogP contribution in [-0.2, 0) is 10.0 Å². The van der Waals surface area contributed by atoms with Crippen LogP contribution in [-0.4, -0.2) is 25.3 Å². The monoisotopic (exact) mass is 314 g/mol. The van der Waals surface area contributed by atoms with E-state index in [1.54, 1.807) is 0 Å². The quantitative estimate of drug-likeness (QED) is 0.869. The van der Waals surface area contributed by atoms with Crippen LogP contribution in [0.15, 0.2) is 17.0 Å². The molecule has 1 aliphatic carbocycles. The molecule has 1 aromatic rings. The van der Waals surface area contributed by atoms with Gasteiger partial charge in [0.05, 0.1) is 10.6 Å². The Morgan fingerprint density at radius 3 is 2.43 bits per heavy atom. The first-order valence-electron chi connectivity index (χ1n) is 7.45. The van der Waals surface area contributed by atoms with Crippen molar-refractivity contribution < 1.29 is 12.8 Å². The van der Waals surface area contributed by atoms with E-state index in [9.17, 15) is 12.8 Å². The number of aryl methyl sites for hydroxylation is 1. The topological polar surface area (TPSA) is 63.4 Å². The molecule has 0 atom stereocenters. The summed E-state index contributed by atoms with van der Waals surface area (Å²) in [6.07, 6.45) is 5.06.